The molecular weight excluding hydrogens is 219 g/mol. The fourth-order valence-corrected chi connectivity index (χ4v) is 1.40. The van der Waals surface area contributed by atoms with Crippen LogP contribution in [-0.4, -0.2) is 32.1 Å². The smallest absolute Gasteiger partial charge is 0.336 e. The monoisotopic (exact) mass is 234 g/mol. The van der Waals surface area contributed by atoms with Crippen LogP contribution in [0.1, 0.15) is 22.8 Å². The van der Waals surface area contributed by atoms with Gasteiger partial charge in [-0.1, -0.05) is 12.4 Å². The van der Waals surface area contributed by atoms with Crippen molar-refractivity contribution in [3.63, 3.8) is 0 Å². The van der Waals surface area contributed by atoms with Crippen LogP contribution in [0.4, 0.5) is 0 Å². The Hall–Kier alpha value is -1.49. The Kier molecular flexibility index (Phi) is 5.56. The Labute approximate surface area is 102 Å². The summed E-state index contributed by atoms with van der Waals surface area (Å²) in [5, 5.41) is 9.08. The van der Waals surface area contributed by atoms with Crippen molar-refractivity contribution in [2.24, 2.45) is 0 Å². The van der Waals surface area contributed by atoms with E-state index in [1.165, 1.54) is 6.07 Å². The maximum atomic E-state index is 11.1. The zero-order valence-corrected chi connectivity index (χ0v) is 9.81. The molecule has 0 amide bonds. The summed E-state index contributed by atoms with van der Waals surface area (Å²) in [4.78, 5) is 11.1. The van der Waals surface area contributed by atoms with Crippen molar-refractivity contribution in [1.82, 2.24) is 0 Å². The Morgan fingerprint density at radius 3 is 2.82 bits per heavy atom. The summed E-state index contributed by atoms with van der Waals surface area (Å²) < 4.78 is 10.5. The Morgan fingerprint density at radius 2 is 2.24 bits per heavy atom. The highest BCUT2D eigenvalue weighted by molar-refractivity contribution is 6.08. The van der Waals surface area contributed by atoms with E-state index in [0.717, 1.165) is 0 Å². The largest absolute Gasteiger partial charge is 0.494 e. The third kappa shape index (κ3) is 4.11. The average molecular weight is 234 g/mol. The number of rotatable bonds is 7. The van der Waals surface area contributed by atoms with Crippen molar-refractivity contribution >= 4 is 13.8 Å². The van der Waals surface area contributed by atoms with Gasteiger partial charge in [-0.2, -0.15) is 0 Å². The van der Waals surface area contributed by atoms with Crippen LogP contribution in [-0.2, 0) is 11.3 Å². The van der Waals surface area contributed by atoms with Gasteiger partial charge in [0.25, 0.3) is 0 Å². The lowest BCUT2D eigenvalue weighted by molar-refractivity contribution is 0.0688. The topological polar surface area (TPSA) is 55.8 Å². The SMILES string of the molecule is [B]CCOCc1ccc(OCC)cc1C(=O)O. The molecule has 0 aromatic heterocycles. The van der Waals surface area contributed by atoms with E-state index in [9.17, 15) is 4.79 Å². The second-order valence-electron chi connectivity index (χ2n) is 3.40. The number of carboxylic acid groups (broad SMARTS) is 1. The Morgan fingerprint density at radius 1 is 1.47 bits per heavy atom. The van der Waals surface area contributed by atoms with Gasteiger partial charge in [-0.05, 0) is 24.6 Å². The van der Waals surface area contributed by atoms with Gasteiger partial charge in [0, 0.05) is 6.61 Å². The third-order valence-corrected chi connectivity index (χ3v) is 2.14. The molecule has 0 spiro atoms. The standard InChI is InChI=1S/C12H15BO4/c1-2-17-10-4-3-9(8-16-6-5-13)11(7-10)12(14)15/h3-4,7H,2,5-6,8H2,1H3,(H,14,15). The number of ether oxygens (including phenoxy) is 2. The summed E-state index contributed by atoms with van der Waals surface area (Å²) in [7, 11) is 5.29. The van der Waals surface area contributed by atoms with Crippen LogP contribution < -0.4 is 4.74 Å². The van der Waals surface area contributed by atoms with E-state index >= 15 is 0 Å². The summed E-state index contributed by atoms with van der Waals surface area (Å²) in [5.74, 6) is -0.439. The number of hydrogen-bond donors (Lipinski definition) is 1. The molecule has 0 aliphatic carbocycles. The van der Waals surface area contributed by atoms with Crippen molar-refractivity contribution in [3.8, 4) is 5.75 Å². The predicted molar refractivity (Wildman–Crippen MR) is 64.8 cm³/mol. The van der Waals surface area contributed by atoms with Crippen LogP contribution in [0.25, 0.3) is 0 Å². The lowest BCUT2D eigenvalue weighted by Gasteiger charge is -2.09. The third-order valence-electron chi connectivity index (χ3n) is 2.14. The van der Waals surface area contributed by atoms with Crippen LogP contribution >= 0.6 is 0 Å². The zero-order valence-electron chi connectivity index (χ0n) is 9.81. The minimum Gasteiger partial charge on any atom is -0.494 e. The molecule has 0 unspecified atom stereocenters. The van der Waals surface area contributed by atoms with E-state index < -0.39 is 5.97 Å². The summed E-state index contributed by atoms with van der Waals surface area (Å²) in [6, 6.07) is 4.94. The molecule has 2 radical (unpaired) electrons. The highest BCUT2D eigenvalue weighted by Gasteiger charge is 2.11. The van der Waals surface area contributed by atoms with E-state index in [1.807, 2.05) is 6.92 Å². The first-order valence-corrected chi connectivity index (χ1v) is 5.45. The zero-order chi connectivity index (χ0) is 12.7. The Balaban J connectivity index is 2.84. The van der Waals surface area contributed by atoms with Crippen molar-refractivity contribution in [2.45, 2.75) is 19.9 Å². The van der Waals surface area contributed by atoms with Crippen molar-refractivity contribution in [3.05, 3.63) is 29.3 Å². The van der Waals surface area contributed by atoms with E-state index in [-0.39, 0.29) is 12.2 Å². The molecular formula is C12H15BO4. The van der Waals surface area contributed by atoms with Crippen molar-refractivity contribution in [2.75, 3.05) is 13.2 Å². The predicted octanol–water partition coefficient (Wildman–Crippen LogP) is 1.89. The lowest BCUT2D eigenvalue weighted by atomic mass is 10.1. The fraction of sp³-hybridized carbons (Fsp3) is 0.417. The van der Waals surface area contributed by atoms with Gasteiger partial charge in [0.2, 0.25) is 0 Å². The number of aromatic carboxylic acids is 1. The van der Waals surface area contributed by atoms with Crippen LogP contribution in [0.15, 0.2) is 18.2 Å². The molecule has 0 aliphatic rings. The van der Waals surface area contributed by atoms with Gasteiger partial charge in [-0.25, -0.2) is 4.79 Å². The summed E-state index contributed by atoms with van der Waals surface area (Å²) in [5.41, 5.74) is 0.822. The van der Waals surface area contributed by atoms with Gasteiger partial charge in [0.05, 0.1) is 26.6 Å². The molecule has 0 atom stereocenters. The number of benzene rings is 1. The van der Waals surface area contributed by atoms with Gasteiger partial charge in [0.1, 0.15) is 5.75 Å². The number of carboxylic acids is 1. The highest BCUT2D eigenvalue weighted by atomic mass is 16.5. The lowest BCUT2D eigenvalue weighted by Crippen LogP contribution is -2.05. The maximum Gasteiger partial charge on any atom is 0.336 e. The molecule has 0 saturated carbocycles. The second-order valence-corrected chi connectivity index (χ2v) is 3.40. The van der Waals surface area contributed by atoms with Gasteiger partial charge < -0.3 is 14.6 Å². The minimum absolute atomic E-state index is 0.202. The van der Waals surface area contributed by atoms with Crippen LogP contribution in [0.2, 0.25) is 6.32 Å². The molecule has 1 rings (SSSR count). The van der Waals surface area contributed by atoms with E-state index in [0.29, 0.717) is 30.8 Å². The highest BCUT2D eigenvalue weighted by Crippen LogP contribution is 2.19. The quantitative estimate of drug-likeness (QED) is 0.578. The molecule has 0 aliphatic heterocycles. The second kappa shape index (κ2) is 6.96. The fourth-order valence-electron chi connectivity index (χ4n) is 1.40. The summed E-state index contributed by atoms with van der Waals surface area (Å²) in [6.45, 7) is 3.00. The molecule has 17 heavy (non-hydrogen) atoms. The van der Waals surface area contributed by atoms with Crippen LogP contribution in [0.3, 0.4) is 0 Å². The van der Waals surface area contributed by atoms with Crippen LogP contribution in [0.5, 0.6) is 5.75 Å². The summed E-state index contributed by atoms with van der Waals surface area (Å²) in [6.07, 6.45) is 0.416. The normalized spacial score (nSPS) is 10.2. The molecule has 1 aromatic carbocycles. The van der Waals surface area contributed by atoms with E-state index in [2.05, 4.69) is 0 Å². The van der Waals surface area contributed by atoms with Gasteiger partial charge in [-0.3, -0.25) is 0 Å². The van der Waals surface area contributed by atoms with Crippen LogP contribution in [0, 0.1) is 0 Å². The molecule has 0 bridgehead atoms. The van der Waals surface area contributed by atoms with Crippen molar-refractivity contribution in [1.29, 1.82) is 0 Å². The number of hydrogen-bond acceptors (Lipinski definition) is 3. The first-order valence-electron chi connectivity index (χ1n) is 5.45. The Bertz CT molecular complexity index is 379. The van der Waals surface area contributed by atoms with E-state index in [1.54, 1.807) is 12.1 Å². The maximum absolute atomic E-state index is 11.1. The molecule has 4 nitrogen and oxygen atoms in total. The minimum atomic E-state index is -0.988. The molecule has 5 heteroatoms. The molecule has 1 N–H and O–H groups in total. The van der Waals surface area contributed by atoms with Gasteiger partial charge in [-0.15, -0.1) is 0 Å². The molecule has 0 fully saturated rings. The molecule has 0 heterocycles. The molecule has 90 valence electrons. The van der Waals surface area contributed by atoms with Gasteiger partial charge in [0.15, 0.2) is 0 Å². The summed E-state index contributed by atoms with van der Waals surface area (Å²) >= 11 is 0. The first-order chi connectivity index (χ1) is 8.19. The average Bonchev–Trinajstić information content (AvgIpc) is 2.31. The number of carbonyl (C=O) groups is 1. The molecule has 0 saturated heterocycles. The molecule has 1 aromatic rings. The van der Waals surface area contributed by atoms with Gasteiger partial charge >= 0.3 is 5.97 Å². The van der Waals surface area contributed by atoms with E-state index in [4.69, 9.17) is 22.4 Å². The van der Waals surface area contributed by atoms with Crippen molar-refractivity contribution < 1.29 is 19.4 Å². The first kappa shape index (κ1) is 13.6.